The van der Waals surface area contributed by atoms with Crippen molar-refractivity contribution in [3.63, 3.8) is 0 Å². The summed E-state index contributed by atoms with van der Waals surface area (Å²) >= 11 is 7.16. The lowest BCUT2D eigenvalue weighted by molar-refractivity contribution is 0.466. The summed E-state index contributed by atoms with van der Waals surface area (Å²) in [6.07, 6.45) is 0. The molecule has 4 heteroatoms. The first-order valence-electron chi connectivity index (χ1n) is 6.37. The van der Waals surface area contributed by atoms with E-state index < -0.39 is 0 Å². The molecule has 0 fully saturated rings. The van der Waals surface area contributed by atoms with Crippen molar-refractivity contribution in [2.75, 3.05) is 5.32 Å². The van der Waals surface area contributed by atoms with Gasteiger partial charge in [0.25, 0.3) is 0 Å². The number of aryl methyl sites for hydroxylation is 3. The van der Waals surface area contributed by atoms with Crippen LogP contribution < -0.4 is 5.32 Å². The molecule has 2 aromatic carbocycles. The Labute approximate surface area is 136 Å². The minimum atomic E-state index is 0.381. The lowest BCUT2D eigenvalue weighted by atomic mass is 10.1. The Morgan fingerprint density at radius 3 is 1.95 bits per heavy atom. The van der Waals surface area contributed by atoms with E-state index in [-0.39, 0.29) is 0 Å². The highest BCUT2D eigenvalue weighted by molar-refractivity contribution is 9.11. The quantitative estimate of drug-likeness (QED) is 0.719. The van der Waals surface area contributed by atoms with Crippen LogP contribution in [-0.4, -0.2) is 5.11 Å². The molecule has 2 N–H and O–H groups in total. The number of phenolic OH excluding ortho intramolecular Hbond substituents is 1. The molecule has 0 aromatic heterocycles. The summed E-state index contributed by atoms with van der Waals surface area (Å²) in [4.78, 5) is 0. The van der Waals surface area contributed by atoms with Crippen molar-refractivity contribution in [3.05, 3.63) is 55.5 Å². The summed E-state index contributed by atoms with van der Waals surface area (Å²) in [5, 5.41) is 13.2. The lowest BCUT2D eigenvalue weighted by Gasteiger charge is -2.13. The smallest absolute Gasteiger partial charge is 0.121 e. The highest BCUT2D eigenvalue weighted by Gasteiger charge is 2.07. The first kappa shape index (κ1) is 15.4. The number of rotatable bonds is 3. The van der Waals surface area contributed by atoms with E-state index in [0.717, 1.165) is 31.3 Å². The van der Waals surface area contributed by atoms with Crippen LogP contribution in [-0.2, 0) is 6.54 Å². The summed E-state index contributed by atoms with van der Waals surface area (Å²) in [7, 11) is 0. The van der Waals surface area contributed by atoms with Gasteiger partial charge in [-0.05, 0) is 87.0 Å². The molecule has 0 radical (unpaired) electrons. The van der Waals surface area contributed by atoms with Crippen LogP contribution in [0.3, 0.4) is 0 Å². The number of benzene rings is 2. The molecule has 2 aromatic rings. The van der Waals surface area contributed by atoms with Gasteiger partial charge in [0.05, 0.1) is 5.69 Å². The molecule has 20 heavy (non-hydrogen) atoms. The summed E-state index contributed by atoms with van der Waals surface area (Å²) in [6, 6.07) is 8.18. The third-order valence-corrected chi connectivity index (χ3v) is 4.46. The minimum absolute atomic E-state index is 0.381. The van der Waals surface area contributed by atoms with Gasteiger partial charge < -0.3 is 10.4 Å². The second-order valence-electron chi connectivity index (χ2n) is 5.04. The Balaban J connectivity index is 2.21. The van der Waals surface area contributed by atoms with Crippen LogP contribution in [0.5, 0.6) is 5.75 Å². The second kappa shape index (κ2) is 6.19. The monoisotopic (exact) mass is 397 g/mol. The maximum Gasteiger partial charge on any atom is 0.121 e. The molecule has 0 amide bonds. The maximum absolute atomic E-state index is 9.80. The molecule has 0 aliphatic rings. The molecule has 0 aliphatic carbocycles. The first-order chi connectivity index (χ1) is 9.38. The summed E-state index contributed by atoms with van der Waals surface area (Å²) in [6.45, 7) is 6.61. The fraction of sp³-hybridized carbons (Fsp3) is 0.250. The average molecular weight is 399 g/mol. The molecule has 0 atom stereocenters. The fourth-order valence-corrected chi connectivity index (χ4v) is 3.90. The van der Waals surface area contributed by atoms with Crippen molar-refractivity contribution in [3.8, 4) is 5.75 Å². The van der Waals surface area contributed by atoms with Gasteiger partial charge in [-0.25, -0.2) is 0 Å². The molecule has 0 aliphatic heterocycles. The molecule has 0 bridgehead atoms. The van der Waals surface area contributed by atoms with Crippen LogP contribution in [0.15, 0.2) is 33.2 Å². The zero-order chi connectivity index (χ0) is 14.9. The van der Waals surface area contributed by atoms with Crippen molar-refractivity contribution in [2.45, 2.75) is 27.3 Å². The number of hydrogen-bond acceptors (Lipinski definition) is 2. The molecule has 2 rings (SSSR count). The van der Waals surface area contributed by atoms with Crippen LogP contribution in [0.2, 0.25) is 0 Å². The largest absolute Gasteiger partial charge is 0.507 e. The number of phenols is 1. The van der Waals surface area contributed by atoms with E-state index in [1.165, 1.54) is 5.56 Å². The van der Waals surface area contributed by atoms with Crippen LogP contribution in [0.4, 0.5) is 5.69 Å². The Kier molecular flexibility index (Phi) is 4.76. The van der Waals surface area contributed by atoms with Gasteiger partial charge in [0, 0.05) is 15.5 Å². The molecular formula is C16H17Br2NO. The topological polar surface area (TPSA) is 32.3 Å². The summed E-state index contributed by atoms with van der Waals surface area (Å²) in [5.41, 5.74) is 5.20. The third kappa shape index (κ3) is 3.36. The van der Waals surface area contributed by atoms with Gasteiger partial charge in [-0.3, -0.25) is 0 Å². The van der Waals surface area contributed by atoms with E-state index in [2.05, 4.69) is 56.2 Å². The van der Waals surface area contributed by atoms with Crippen LogP contribution in [0, 0.1) is 20.8 Å². The summed E-state index contributed by atoms with van der Waals surface area (Å²) in [5.74, 6) is 0.381. The van der Waals surface area contributed by atoms with Gasteiger partial charge in [0.15, 0.2) is 0 Å². The Hall–Kier alpha value is -1.000. The van der Waals surface area contributed by atoms with E-state index in [9.17, 15) is 5.11 Å². The number of anilines is 1. The lowest BCUT2D eigenvalue weighted by Crippen LogP contribution is -2.02. The van der Waals surface area contributed by atoms with Crippen molar-refractivity contribution in [1.29, 1.82) is 0 Å². The number of aromatic hydroxyl groups is 1. The summed E-state index contributed by atoms with van der Waals surface area (Å²) < 4.78 is 2.08. The van der Waals surface area contributed by atoms with E-state index in [0.29, 0.717) is 12.3 Å². The Bertz CT molecular complexity index is 607. The van der Waals surface area contributed by atoms with E-state index in [1.54, 1.807) is 0 Å². The van der Waals surface area contributed by atoms with Gasteiger partial charge in [-0.1, -0.05) is 12.1 Å². The number of nitrogens with one attached hydrogen (secondary N) is 1. The fourth-order valence-electron chi connectivity index (χ4n) is 2.21. The molecule has 0 saturated heterocycles. The zero-order valence-corrected chi connectivity index (χ0v) is 14.9. The first-order valence-corrected chi connectivity index (χ1v) is 7.95. The predicted molar refractivity (Wildman–Crippen MR) is 91.5 cm³/mol. The normalized spacial score (nSPS) is 10.7. The van der Waals surface area contributed by atoms with Crippen molar-refractivity contribution >= 4 is 37.5 Å². The van der Waals surface area contributed by atoms with Crippen LogP contribution >= 0.6 is 31.9 Å². The molecule has 0 unspecified atom stereocenters. The van der Waals surface area contributed by atoms with Crippen molar-refractivity contribution in [2.24, 2.45) is 0 Å². The second-order valence-corrected chi connectivity index (χ2v) is 6.74. The Morgan fingerprint density at radius 2 is 1.45 bits per heavy atom. The minimum Gasteiger partial charge on any atom is -0.507 e. The standard InChI is InChI=1S/C16H17Br2NO/c1-9-4-13(17)15(14(18)5-9)19-8-12-6-10(2)16(20)11(3)7-12/h4-7,19-20H,8H2,1-3H3. The SMILES string of the molecule is Cc1cc(Br)c(NCc2cc(C)c(O)c(C)c2)c(Br)c1. The van der Waals surface area contributed by atoms with Crippen molar-refractivity contribution in [1.82, 2.24) is 0 Å². The van der Waals surface area contributed by atoms with E-state index in [1.807, 2.05) is 26.0 Å². The van der Waals surface area contributed by atoms with Gasteiger partial charge in [-0.2, -0.15) is 0 Å². The van der Waals surface area contributed by atoms with Gasteiger partial charge in [-0.15, -0.1) is 0 Å². The van der Waals surface area contributed by atoms with E-state index >= 15 is 0 Å². The molecule has 0 saturated carbocycles. The highest BCUT2D eigenvalue weighted by atomic mass is 79.9. The molecular weight excluding hydrogens is 382 g/mol. The zero-order valence-electron chi connectivity index (χ0n) is 11.7. The van der Waals surface area contributed by atoms with Gasteiger partial charge >= 0.3 is 0 Å². The third-order valence-electron chi connectivity index (χ3n) is 3.21. The number of hydrogen-bond donors (Lipinski definition) is 2. The van der Waals surface area contributed by atoms with Crippen LogP contribution in [0.1, 0.15) is 22.3 Å². The molecule has 2 nitrogen and oxygen atoms in total. The van der Waals surface area contributed by atoms with Gasteiger partial charge in [0.1, 0.15) is 5.75 Å². The van der Waals surface area contributed by atoms with Crippen molar-refractivity contribution < 1.29 is 5.11 Å². The highest BCUT2D eigenvalue weighted by Crippen LogP contribution is 2.33. The Morgan fingerprint density at radius 1 is 0.950 bits per heavy atom. The van der Waals surface area contributed by atoms with Crippen LogP contribution in [0.25, 0.3) is 0 Å². The molecule has 0 heterocycles. The predicted octanol–water partition coefficient (Wildman–Crippen LogP) is 5.45. The van der Waals surface area contributed by atoms with Gasteiger partial charge in [0.2, 0.25) is 0 Å². The maximum atomic E-state index is 9.80. The van der Waals surface area contributed by atoms with E-state index in [4.69, 9.17) is 0 Å². The number of halogens is 2. The molecule has 106 valence electrons. The molecule has 0 spiro atoms. The average Bonchev–Trinajstić information content (AvgIpc) is 2.34.